The van der Waals surface area contributed by atoms with Gasteiger partial charge in [-0.15, -0.1) is 0 Å². The molecule has 0 aliphatic heterocycles. The lowest BCUT2D eigenvalue weighted by Gasteiger charge is -2.24. The van der Waals surface area contributed by atoms with Crippen molar-refractivity contribution in [3.63, 3.8) is 0 Å². The number of carbonyl (C=O) groups excluding carboxylic acids is 1. The Hall–Kier alpha value is -2.10. The van der Waals surface area contributed by atoms with Gasteiger partial charge in [0.25, 0.3) is 0 Å². The van der Waals surface area contributed by atoms with Crippen molar-refractivity contribution in [2.45, 2.75) is 0 Å². The van der Waals surface area contributed by atoms with Crippen LogP contribution in [0.5, 0.6) is 0 Å². The molecule has 0 heterocycles. The van der Waals surface area contributed by atoms with Crippen molar-refractivity contribution < 1.29 is 4.79 Å². The summed E-state index contributed by atoms with van der Waals surface area (Å²) in [6.45, 7) is 0. The molecular weight excluding hydrogens is 226 g/mol. The van der Waals surface area contributed by atoms with Gasteiger partial charge in [0.1, 0.15) is 5.82 Å². The maximum atomic E-state index is 10.7. The van der Waals surface area contributed by atoms with E-state index in [9.17, 15) is 4.79 Å². The van der Waals surface area contributed by atoms with Gasteiger partial charge in [0.2, 0.25) is 6.41 Å². The minimum absolute atomic E-state index is 0.571. The number of allylic oxidation sites excluding steroid dienone is 1. The lowest BCUT2D eigenvalue weighted by molar-refractivity contribution is -0.106. The summed E-state index contributed by atoms with van der Waals surface area (Å²) in [7, 11) is 7.81. The molecule has 1 amide bonds. The van der Waals surface area contributed by atoms with Crippen LogP contribution >= 0.6 is 0 Å². The first-order valence-corrected chi connectivity index (χ1v) is 5.69. The van der Waals surface area contributed by atoms with Crippen molar-refractivity contribution in [3.05, 3.63) is 47.8 Å². The van der Waals surface area contributed by atoms with E-state index in [-0.39, 0.29) is 0 Å². The molecule has 0 saturated heterocycles. The molecule has 0 aliphatic rings. The van der Waals surface area contributed by atoms with E-state index >= 15 is 0 Å². The third-order valence-corrected chi connectivity index (χ3v) is 2.44. The molecule has 0 spiro atoms. The third kappa shape index (κ3) is 3.73. The third-order valence-electron chi connectivity index (χ3n) is 2.44. The molecular formula is C14H19N3O. The summed E-state index contributed by atoms with van der Waals surface area (Å²) in [5.74, 6) is 0.972. The topological polar surface area (TPSA) is 35.9 Å². The first-order chi connectivity index (χ1) is 8.56. The Kier molecular flexibility index (Phi) is 5.11. The van der Waals surface area contributed by atoms with Crippen LogP contribution in [-0.4, -0.2) is 50.1 Å². The van der Waals surface area contributed by atoms with E-state index in [4.69, 9.17) is 0 Å². The second kappa shape index (κ2) is 6.59. The zero-order valence-corrected chi connectivity index (χ0v) is 11.3. The van der Waals surface area contributed by atoms with E-state index < -0.39 is 0 Å². The van der Waals surface area contributed by atoms with Gasteiger partial charge in [0, 0.05) is 39.8 Å². The number of carbonyl (C=O) groups is 1. The molecule has 0 N–H and O–H groups in total. The Labute approximate surface area is 108 Å². The zero-order valence-electron chi connectivity index (χ0n) is 11.3. The van der Waals surface area contributed by atoms with Crippen LogP contribution in [0, 0.1) is 0 Å². The summed E-state index contributed by atoms with van der Waals surface area (Å²) < 4.78 is 0. The lowest BCUT2D eigenvalue weighted by Crippen LogP contribution is -2.25. The molecule has 1 aromatic rings. The van der Waals surface area contributed by atoms with Gasteiger partial charge in [-0.3, -0.25) is 4.79 Å². The van der Waals surface area contributed by atoms with Crippen LogP contribution in [0.1, 0.15) is 5.56 Å². The van der Waals surface area contributed by atoms with E-state index in [1.54, 1.807) is 0 Å². The quantitative estimate of drug-likeness (QED) is 0.584. The van der Waals surface area contributed by atoms with E-state index in [0.29, 0.717) is 12.1 Å². The van der Waals surface area contributed by atoms with E-state index in [1.165, 1.54) is 0 Å². The van der Waals surface area contributed by atoms with Crippen LogP contribution in [-0.2, 0) is 4.79 Å². The van der Waals surface area contributed by atoms with Crippen LogP contribution in [0.2, 0.25) is 0 Å². The minimum Gasteiger partial charge on any atom is -0.364 e. The normalized spacial score (nSPS) is 10.8. The monoisotopic (exact) mass is 245 g/mol. The molecule has 0 unspecified atom stereocenters. The number of hydrogen-bond acceptors (Lipinski definition) is 3. The van der Waals surface area contributed by atoms with Gasteiger partial charge in [-0.1, -0.05) is 30.3 Å². The summed E-state index contributed by atoms with van der Waals surface area (Å²) in [6.07, 6.45) is 2.46. The van der Waals surface area contributed by atoms with E-state index in [0.717, 1.165) is 11.4 Å². The molecule has 0 atom stereocenters. The van der Waals surface area contributed by atoms with Gasteiger partial charge in [-0.05, 0) is 0 Å². The maximum absolute atomic E-state index is 10.7. The summed E-state index contributed by atoms with van der Waals surface area (Å²) in [5, 5.41) is 0. The molecule has 1 rings (SSSR count). The van der Waals surface area contributed by atoms with Crippen molar-refractivity contribution in [1.29, 1.82) is 0 Å². The molecule has 1 aromatic carbocycles. The van der Waals surface area contributed by atoms with E-state index in [1.807, 2.05) is 74.4 Å². The van der Waals surface area contributed by atoms with Gasteiger partial charge < -0.3 is 9.80 Å². The Morgan fingerprint density at radius 3 is 2.06 bits per heavy atom. The SMILES string of the molecule is CN(C)C(=CC(=NC=O)c1ccccc1)N(C)C. The highest BCUT2D eigenvalue weighted by atomic mass is 16.1. The number of benzene rings is 1. The second-order valence-corrected chi connectivity index (χ2v) is 4.28. The summed E-state index contributed by atoms with van der Waals surface area (Å²) in [5.41, 5.74) is 1.58. The molecule has 0 bridgehead atoms. The van der Waals surface area contributed by atoms with Gasteiger partial charge >= 0.3 is 0 Å². The number of amides is 1. The maximum Gasteiger partial charge on any atom is 0.233 e. The summed E-state index contributed by atoms with van der Waals surface area (Å²) in [6, 6.07) is 9.65. The molecule has 4 heteroatoms. The second-order valence-electron chi connectivity index (χ2n) is 4.28. The average molecular weight is 245 g/mol. The van der Waals surface area contributed by atoms with Crippen molar-refractivity contribution >= 4 is 12.1 Å². The molecule has 0 aromatic heterocycles. The van der Waals surface area contributed by atoms with Crippen LogP contribution < -0.4 is 0 Å². The number of aliphatic imine (C=N–C) groups is 1. The van der Waals surface area contributed by atoms with Crippen LogP contribution in [0.4, 0.5) is 0 Å². The average Bonchev–Trinajstić information content (AvgIpc) is 2.34. The molecule has 0 radical (unpaired) electrons. The van der Waals surface area contributed by atoms with Gasteiger partial charge in [0.05, 0.1) is 5.71 Å². The molecule has 0 aliphatic carbocycles. The number of nitrogens with zero attached hydrogens (tertiary/aromatic N) is 3. The highest BCUT2D eigenvalue weighted by Gasteiger charge is 2.06. The molecule has 96 valence electrons. The van der Waals surface area contributed by atoms with E-state index in [2.05, 4.69) is 4.99 Å². The van der Waals surface area contributed by atoms with Crippen LogP contribution in [0.15, 0.2) is 47.2 Å². The first-order valence-electron chi connectivity index (χ1n) is 5.69. The highest BCUT2D eigenvalue weighted by molar-refractivity contribution is 6.11. The summed E-state index contributed by atoms with van der Waals surface area (Å²) >= 11 is 0. The highest BCUT2D eigenvalue weighted by Crippen LogP contribution is 2.08. The van der Waals surface area contributed by atoms with Crippen LogP contribution in [0.3, 0.4) is 0 Å². The molecule has 4 nitrogen and oxygen atoms in total. The van der Waals surface area contributed by atoms with Gasteiger partial charge in [-0.25, -0.2) is 4.99 Å². The predicted octanol–water partition coefficient (Wildman–Crippen LogP) is 1.60. The van der Waals surface area contributed by atoms with Crippen molar-refractivity contribution in [2.24, 2.45) is 4.99 Å². The van der Waals surface area contributed by atoms with Crippen LogP contribution in [0.25, 0.3) is 0 Å². The largest absolute Gasteiger partial charge is 0.364 e. The standard InChI is InChI=1S/C14H19N3O/c1-16(2)14(17(3)4)10-13(15-11-18)12-8-6-5-7-9-12/h5-11H,1-4H3. The fraction of sp³-hybridized carbons (Fsp3) is 0.286. The molecule has 18 heavy (non-hydrogen) atoms. The Morgan fingerprint density at radius 1 is 1.06 bits per heavy atom. The van der Waals surface area contributed by atoms with Gasteiger partial charge in [-0.2, -0.15) is 0 Å². The minimum atomic E-state index is 0.571. The number of hydrogen-bond donors (Lipinski definition) is 0. The Balaban J connectivity index is 3.19. The fourth-order valence-electron chi connectivity index (χ4n) is 1.64. The van der Waals surface area contributed by atoms with Gasteiger partial charge in [0.15, 0.2) is 0 Å². The smallest absolute Gasteiger partial charge is 0.233 e. The van der Waals surface area contributed by atoms with Crippen molar-refractivity contribution in [2.75, 3.05) is 28.2 Å². The fourth-order valence-corrected chi connectivity index (χ4v) is 1.64. The predicted molar refractivity (Wildman–Crippen MR) is 74.5 cm³/mol. The Morgan fingerprint density at radius 2 is 1.61 bits per heavy atom. The lowest BCUT2D eigenvalue weighted by atomic mass is 10.1. The molecule has 0 saturated carbocycles. The zero-order chi connectivity index (χ0) is 13.5. The number of rotatable bonds is 5. The first kappa shape index (κ1) is 14.0. The van der Waals surface area contributed by atoms with Crippen molar-refractivity contribution in [3.8, 4) is 0 Å². The summed E-state index contributed by atoms with van der Waals surface area (Å²) in [4.78, 5) is 18.5. The Bertz CT molecular complexity index is 437. The molecule has 0 fully saturated rings. The van der Waals surface area contributed by atoms with Crippen molar-refractivity contribution in [1.82, 2.24) is 9.80 Å².